The van der Waals surface area contributed by atoms with Crippen LogP contribution in [-0.4, -0.2) is 29.8 Å². The van der Waals surface area contributed by atoms with Crippen LogP contribution >= 0.6 is 11.6 Å². The van der Waals surface area contributed by atoms with Crippen LogP contribution in [0.2, 0.25) is 5.02 Å². The average Bonchev–Trinajstić information content (AvgIpc) is 2.68. The Kier molecular flexibility index (Phi) is 5.94. The Morgan fingerprint density at radius 3 is 2.42 bits per heavy atom. The topological polar surface area (TPSA) is 49.4 Å². The second-order valence-corrected chi connectivity index (χ2v) is 7.05. The summed E-state index contributed by atoms with van der Waals surface area (Å²) in [5.41, 5.74) is 2.66. The monoisotopic (exact) mass is 370 g/mol. The third-order valence-corrected chi connectivity index (χ3v) is 5.09. The van der Waals surface area contributed by atoms with E-state index in [1.165, 1.54) is 5.56 Å². The number of nitrogens with zero attached hydrogens (tertiary/aromatic N) is 1. The molecule has 0 unspecified atom stereocenters. The predicted molar refractivity (Wildman–Crippen MR) is 105 cm³/mol. The van der Waals surface area contributed by atoms with Crippen molar-refractivity contribution in [2.24, 2.45) is 5.92 Å². The predicted octanol–water partition coefficient (Wildman–Crippen LogP) is 4.39. The maximum atomic E-state index is 12.5. The number of rotatable bonds is 4. The van der Waals surface area contributed by atoms with Crippen molar-refractivity contribution in [3.63, 3.8) is 0 Å². The summed E-state index contributed by atoms with van der Waals surface area (Å²) in [6, 6.07) is 14.9. The van der Waals surface area contributed by atoms with Gasteiger partial charge in [-0.2, -0.15) is 0 Å². The van der Waals surface area contributed by atoms with Crippen LogP contribution in [0.15, 0.2) is 48.5 Å². The molecule has 0 aromatic heterocycles. The summed E-state index contributed by atoms with van der Waals surface area (Å²) in [6.07, 6.45) is 2.32. The molecule has 0 saturated carbocycles. The largest absolute Gasteiger partial charge is 0.339 e. The third kappa shape index (κ3) is 4.44. The lowest BCUT2D eigenvalue weighted by atomic mass is 9.95. The van der Waals surface area contributed by atoms with Gasteiger partial charge in [0.2, 0.25) is 5.91 Å². The van der Waals surface area contributed by atoms with Crippen LogP contribution in [0.5, 0.6) is 0 Å². The molecule has 0 atom stereocenters. The first-order valence-corrected chi connectivity index (χ1v) is 9.39. The molecule has 0 bridgehead atoms. The van der Waals surface area contributed by atoms with E-state index in [0.29, 0.717) is 36.5 Å². The van der Waals surface area contributed by atoms with Crippen LogP contribution in [0.1, 0.15) is 35.7 Å². The van der Waals surface area contributed by atoms with Crippen molar-refractivity contribution in [2.75, 3.05) is 18.4 Å². The summed E-state index contributed by atoms with van der Waals surface area (Å²) < 4.78 is 0. The second-order valence-electron chi connectivity index (χ2n) is 6.62. The van der Waals surface area contributed by atoms with E-state index in [0.717, 1.165) is 12.1 Å². The molecule has 0 spiro atoms. The molecule has 136 valence electrons. The van der Waals surface area contributed by atoms with Crippen LogP contribution in [0, 0.1) is 5.92 Å². The standard InChI is InChI=1S/C21H23ClN2O2/c1-2-15-6-8-19(9-7-15)23-20(25)16-10-12-24(13-11-16)21(26)17-4-3-5-18(22)14-17/h3-9,14,16H,2,10-13H2,1H3,(H,23,25). The minimum absolute atomic E-state index is 0.0264. The molecule has 1 fully saturated rings. The number of carbonyl (C=O) groups is 2. The Morgan fingerprint density at radius 1 is 1.12 bits per heavy atom. The van der Waals surface area contributed by atoms with Gasteiger partial charge in [-0.3, -0.25) is 9.59 Å². The molecule has 0 radical (unpaired) electrons. The van der Waals surface area contributed by atoms with Gasteiger partial charge in [0.15, 0.2) is 0 Å². The molecule has 1 saturated heterocycles. The highest BCUT2D eigenvalue weighted by molar-refractivity contribution is 6.30. The van der Waals surface area contributed by atoms with Crippen LogP contribution in [0.4, 0.5) is 5.69 Å². The molecule has 2 aromatic carbocycles. The molecule has 1 aliphatic rings. The number of likely N-dealkylation sites (tertiary alicyclic amines) is 1. The number of aryl methyl sites for hydroxylation is 1. The number of halogens is 1. The first kappa shape index (κ1) is 18.5. The van der Waals surface area contributed by atoms with Crippen LogP contribution in [-0.2, 0) is 11.2 Å². The summed E-state index contributed by atoms with van der Waals surface area (Å²) in [7, 11) is 0. The Hall–Kier alpha value is -2.33. The summed E-state index contributed by atoms with van der Waals surface area (Å²) in [5, 5.41) is 3.54. The summed E-state index contributed by atoms with van der Waals surface area (Å²) in [5.74, 6) is -0.0603. The molecule has 2 amide bonds. The van der Waals surface area contributed by atoms with Gasteiger partial charge in [0, 0.05) is 35.3 Å². The van der Waals surface area contributed by atoms with Gasteiger partial charge in [0.25, 0.3) is 5.91 Å². The number of benzene rings is 2. The molecule has 1 heterocycles. The number of nitrogens with one attached hydrogen (secondary N) is 1. The van der Waals surface area contributed by atoms with Gasteiger partial charge in [-0.15, -0.1) is 0 Å². The quantitative estimate of drug-likeness (QED) is 0.867. The highest BCUT2D eigenvalue weighted by Crippen LogP contribution is 2.22. The number of amides is 2. The van der Waals surface area contributed by atoms with Crippen molar-refractivity contribution >= 4 is 29.1 Å². The summed E-state index contributed by atoms with van der Waals surface area (Å²) in [4.78, 5) is 26.8. The van der Waals surface area contributed by atoms with Crippen LogP contribution in [0.25, 0.3) is 0 Å². The highest BCUT2D eigenvalue weighted by atomic mass is 35.5. The number of hydrogen-bond acceptors (Lipinski definition) is 2. The molecule has 26 heavy (non-hydrogen) atoms. The average molecular weight is 371 g/mol. The van der Waals surface area contributed by atoms with Crippen molar-refractivity contribution in [3.05, 3.63) is 64.7 Å². The molecule has 5 heteroatoms. The zero-order valence-corrected chi connectivity index (χ0v) is 15.6. The van der Waals surface area contributed by atoms with E-state index >= 15 is 0 Å². The van der Waals surface area contributed by atoms with E-state index < -0.39 is 0 Å². The zero-order chi connectivity index (χ0) is 18.5. The SMILES string of the molecule is CCc1ccc(NC(=O)C2CCN(C(=O)c3cccc(Cl)c3)CC2)cc1. The molecule has 2 aromatic rings. The number of carbonyl (C=O) groups excluding carboxylic acids is 2. The van der Waals surface area contributed by atoms with Gasteiger partial charge in [0.1, 0.15) is 0 Å². The van der Waals surface area contributed by atoms with Gasteiger partial charge >= 0.3 is 0 Å². The van der Waals surface area contributed by atoms with E-state index in [-0.39, 0.29) is 17.7 Å². The van der Waals surface area contributed by atoms with Gasteiger partial charge in [-0.25, -0.2) is 0 Å². The zero-order valence-electron chi connectivity index (χ0n) is 14.9. The van der Waals surface area contributed by atoms with Crippen molar-refractivity contribution in [3.8, 4) is 0 Å². The second kappa shape index (κ2) is 8.37. The molecule has 1 aliphatic heterocycles. The minimum atomic E-state index is -0.0655. The lowest BCUT2D eigenvalue weighted by molar-refractivity contribution is -0.121. The Labute approximate surface area is 159 Å². The first-order valence-electron chi connectivity index (χ1n) is 9.01. The fourth-order valence-electron chi connectivity index (χ4n) is 3.22. The normalized spacial score (nSPS) is 14.9. The molecular weight excluding hydrogens is 348 g/mol. The molecule has 4 nitrogen and oxygen atoms in total. The molecule has 3 rings (SSSR count). The molecule has 0 aliphatic carbocycles. The van der Waals surface area contributed by atoms with Gasteiger partial charge in [-0.1, -0.05) is 36.7 Å². The Balaban J connectivity index is 1.54. The van der Waals surface area contributed by atoms with Gasteiger partial charge in [-0.05, 0) is 55.2 Å². The fraction of sp³-hybridized carbons (Fsp3) is 0.333. The Bertz CT molecular complexity index is 781. The van der Waals surface area contributed by atoms with Gasteiger partial charge < -0.3 is 10.2 Å². The van der Waals surface area contributed by atoms with Crippen LogP contribution in [0.3, 0.4) is 0 Å². The molecular formula is C21H23ClN2O2. The molecule has 1 N–H and O–H groups in total. The summed E-state index contributed by atoms with van der Waals surface area (Å²) >= 11 is 5.96. The Morgan fingerprint density at radius 2 is 1.81 bits per heavy atom. The number of anilines is 1. The number of hydrogen-bond donors (Lipinski definition) is 1. The van der Waals surface area contributed by atoms with Crippen molar-refractivity contribution in [2.45, 2.75) is 26.2 Å². The highest BCUT2D eigenvalue weighted by Gasteiger charge is 2.27. The fourth-order valence-corrected chi connectivity index (χ4v) is 3.41. The first-order chi connectivity index (χ1) is 12.6. The third-order valence-electron chi connectivity index (χ3n) is 4.85. The van der Waals surface area contributed by atoms with E-state index in [2.05, 4.69) is 12.2 Å². The van der Waals surface area contributed by atoms with E-state index in [1.807, 2.05) is 24.3 Å². The van der Waals surface area contributed by atoms with E-state index in [1.54, 1.807) is 29.2 Å². The van der Waals surface area contributed by atoms with Crippen molar-refractivity contribution < 1.29 is 9.59 Å². The number of piperidine rings is 1. The maximum absolute atomic E-state index is 12.5. The lowest BCUT2D eigenvalue weighted by Crippen LogP contribution is -2.41. The van der Waals surface area contributed by atoms with Crippen LogP contribution < -0.4 is 5.32 Å². The maximum Gasteiger partial charge on any atom is 0.253 e. The minimum Gasteiger partial charge on any atom is -0.339 e. The van der Waals surface area contributed by atoms with E-state index in [4.69, 9.17) is 11.6 Å². The van der Waals surface area contributed by atoms with Crippen molar-refractivity contribution in [1.82, 2.24) is 4.90 Å². The van der Waals surface area contributed by atoms with Gasteiger partial charge in [0.05, 0.1) is 0 Å². The van der Waals surface area contributed by atoms with Crippen molar-refractivity contribution in [1.29, 1.82) is 0 Å². The van der Waals surface area contributed by atoms with E-state index in [9.17, 15) is 9.59 Å². The smallest absolute Gasteiger partial charge is 0.253 e. The lowest BCUT2D eigenvalue weighted by Gasteiger charge is -2.31. The summed E-state index contributed by atoms with van der Waals surface area (Å²) in [6.45, 7) is 3.27.